The van der Waals surface area contributed by atoms with Crippen molar-refractivity contribution in [3.05, 3.63) is 59.1 Å². The van der Waals surface area contributed by atoms with Crippen molar-refractivity contribution >= 4 is 34.0 Å². The van der Waals surface area contributed by atoms with E-state index in [0.717, 1.165) is 44.4 Å². The lowest BCUT2D eigenvalue weighted by Crippen LogP contribution is -2.20. The Bertz CT molecular complexity index is 986. The van der Waals surface area contributed by atoms with Crippen LogP contribution in [0, 0.1) is 5.82 Å². The molecule has 0 spiro atoms. The number of rotatable bonds is 4. The van der Waals surface area contributed by atoms with E-state index in [1.807, 2.05) is 19.1 Å². The highest BCUT2D eigenvalue weighted by atomic mass is 35.5. The molecule has 3 heterocycles. The number of benzene rings is 1. The van der Waals surface area contributed by atoms with E-state index in [0.29, 0.717) is 6.54 Å². The molecule has 120 valence electrons. The summed E-state index contributed by atoms with van der Waals surface area (Å²) in [6, 6.07) is 10.4. The van der Waals surface area contributed by atoms with Gasteiger partial charge in [0.25, 0.3) is 0 Å². The van der Waals surface area contributed by atoms with E-state index in [1.165, 1.54) is 12.1 Å². The van der Waals surface area contributed by atoms with E-state index in [9.17, 15) is 4.39 Å². The molecule has 0 amide bonds. The summed E-state index contributed by atoms with van der Waals surface area (Å²) >= 11 is 6.07. The van der Waals surface area contributed by atoms with Gasteiger partial charge in [-0.2, -0.15) is 0 Å². The number of H-pyrrole nitrogens is 1. The summed E-state index contributed by atoms with van der Waals surface area (Å²) in [6.07, 6.45) is 1.76. The SMILES string of the molecule is CC1=C(Cl)C(CNc2cnc3[nH]c(-c4ccc(F)cc4)cc3c2)=N1. The zero-order valence-corrected chi connectivity index (χ0v) is 13.7. The summed E-state index contributed by atoms with van der Waals surface area (Å²) in [5, 5.41) is 4.98. The number of nitrogens with zero attached hydrogens (tertiary/aromatic N) is 2. The van der Waals surface area contributed by atoms with Crippen LogP contribution in [0.4, 0.5) is 10.1 Å². The Hall–Kier alpha value is -2.66. The Kier molecular flexibility index (Phi) is 3.58. The molecule has 0 atom stereocenters. The number of aromatic amines is 1. The quantitative estimate of drug-likeness (QED) is 0.723. The first-order chi connectivity index (χ1) is 11.6. The Morgan fingerprint density at radius 1 is 1.21 bits per heavy atom. The Morgan fingerprint density at radius 3 is 2.71 bits per heavy atom. The molecule has 1 aromatic carbocycles. The van der Waals surface area contributed by atoms with Crippen LogP contribution in [0.1, 0.15) is 6.92 Å². The van der Waals surface area contributed by atoms with E-state index < -0.39 is 0 Å². The summed E-state index contributed by atoms with van der Waals surface area (Å²) < 4.78 is 13.0. The number of aliphatic imine (C=N–C) groups is 1. The number of allylic oxidation sites excluding steroid dienone is 1. The topological polar surface area (TPSA) is 53.1 Å². The van der Waals surface area contributed by atoms with Crippen LogP contribution in [0.2, 0.25) is 0 Å². The standard InChI is InChI=1S/C18H14ClFN4/c1-10-17(19)16(23-10)9-21-14-6-12-7-15(24-18(12)22-8-14)11-2-4-13(20)5-3-11/h2-8,21H,9H2,1H3,(H,22,24). The van der Waals surface area contributed by atoms with Crippen LogP contribution < -0.4 is 5.32 Å². The first-order valence-corrected chi connectivity index (χ1v) is 7.91. The molecule has 0 bridgehead atoms. The number of pyridine rings is 1. The van der Waals surface area contributed by atoms with Crippen molar-refractivity contribution in [3.63, 3.8) is 0 Å². The third kappa shape index (κ3) is 2.67. The number of aromatic nitrogens is 2. The molecular weight excluding hydrogens is 327 g/mol. The lowest BCUT2D eigenvalue weighted by Gasteiger charge is -2.16. The highest BCUT2D eigenvalue weighted by Gasteiger charge is 2.16. The highest BCUT2D eigenvalue weighted by molar-refractivity contribution is 6.46. The number of halogens is 2. The Morgan fingerprint density at radius 2 is 2.00 bits per heavy atom. The molecule has 0 saturated carbocycles. The van der Waals surface area contributed by atoms with Crippen LogP contribution in [0.15, 0.2) is 58.3 Å². The van der Waals surface area contributed by atoms with Crippen molar-refractivity contribution in [3.8, 4) is 11.3 Å². The predicted octanol–water partition coefficient (Wildman–Crippen LogP) is 4.71. The number of hydrogen-bond acceptors (Lipinski definition) is 3. The second-order valence-corrected chi connectivity index (χ2v) is 6.04. The molecule has 1 aliphatic heterocycles. The average Bonchev–Trinajstić information content (AvgIpc) is 3.02. The van der Waals surface area contributed by atoms with Gasteiger partial charge in [-0.1, -0.05) is 11.6 Å². The van der Waals surface area contributed by atoms with Crippen molar-refractivity contribution in [2.75, 3.05) is 11.9 Å². The summed E-state index contributed by atoms with van der Waals surface area (Å²) in [4.78, 5) is 11.9. The van der Waals surface area contributed by atoms with Gasteiger partial charge in [0.15, 0.2) is 0 Å². The number of nitrogens with one attached hydrogen (secondary N) is 2. The maximum Gasteiger partial charge on any atom is 0.137 e. The summed E-state index contributed by atoms with van der Waals surface area (Å²) in [5.41, 5.74) is 5.23. The molecule has 6 heteroatoms. The fourth-order valence-corrected chi connectivity index (χ4v) is 2.81. The average molecular weight is 341 g/mol. The van der Waals surface area contributed by atoms with Gasteiger partial charge >= 0.3 is 0 Å². The summed E-state index contributed by atoms with van der Waals surface area (Å²) in [5.74, 6) is -0.249. The molecular formula is C18H14ClFN4. The van der Waals surface area contributed by atoms with Crippen molar-refractivity contribution in [2.45, 2.75) is 6.92 Å². The van der Waals surface area contributed by atoms with Gasteiger partial charge in [-0.15, -0.1) is 0 Å². The van der Waals surface area contributed by atoms with E-state index >= 15 is 0 Å². The van der Waals surface area contributed by atoms with Crippen LogP contribution in [-0.2, 0) is 0 Å². The van der Waals surface area contributed by atoms with Crippen molar-refractivity contribution in [1.82, 2.24) is 9.97 Å². The lowest BCUT2D eigenvalue weighted by atomic mass is 10.1. The van der Waals surface area contributed by atoms with Crippen molar-refractivity contribution in [1.29, 1.82) is 0 Å². The van der Waals surface area contributed by atoms with Crippen LogP contribution in [0.5, 0.6) is 0 Å². The molecule has 4 rings (SSSR count). The molecule has 2 N–H and O–H groups in total. The van der Waals surface area contributed by atoms with Crippen LogP contribution in [-0.4, -0.2) is 22.2 Å². The van der Waals surface area contributed by atoms with Crippen molar-refractivity contribution in [2.24, 2.45) is 4.99 Å². The Balaban J connectivity index is 1.55. The number of fused-ring (bicyclic) bond motifs is 1. The molecule has 0 fully saturated rings. The number of anilines is 1. The zero-order valence-electron chi connectivity index (χ0n) is 12.9. The van der Waals surface area contributed by atoms with E-state index in [2.05, 4.69) is 20.3 Å². The third-order valence-corrected chi connectivity index (χ3v) is 4.45. The van der Waals surface area contributed by atoms with Gasteiger partial charge < -0.3 is 10.3 Å². The monoisotopic (exact) mass is 340 g/mol. The van der Waals surface area contributed by atoms with E-state index in [1.54, 1.807) is 18.3 Å². The molecule has 3 aromatic rings. The smallest absolute Gasteiger partial charge is 0.137 e. The van der Waals surface area contributed by atoms with Crippen molar-refractivity contribution < 1.29 is 4.39 Å². The molecule has 0 radical (unpaired) electrons. The first-order valence-electron chi connectivity index (χ1n) is 7.53. The Labute approximate surface area is 143 Å². The van der Waals surface area contributed by atoms with Crippen LogP contribution >= 0.6 is 11.6 Å². The van der Waals surface area contributed by atoms with Gasteiger partial charge in [0.2, 0.25) is 0 Å². The molecule has 0 unspecified atom stereocenters. The van der Waals surface area contributed by atoms with E-state index in [-0.39, 0.29) is 5.82 Å². The predicted molar refractivity (Wildman–Crippen MR) is 96.0 cm³/mol. The maximum absolute atomic E-state index is 13.0. The molecule has 0 saturated heterocycles. The largest absolute Gasteiger partial charge is 0.378 e. The lowest BCUT2D eigenvalue weighted by molar-refractivity contribution is 0.628. The summed E-state index contributed by atoms with van der Waals surface area (Å²) in [6.45, 7) is 2.45. The minimum absolute atomic E-state index is 0.249. The molecule has 1 aliphatic rings. The van der Waals surface area contributed by atoms with Gasteiger partial charge in [-0.3, -0.25) is 4.99 Å². The molecule has 2 aromatic heterocycles. The van der Waals surface area contributed by atoms with Gasteiger partial charge in [-0.05, 0) is 48.9 Å². The van der Waals surface area contributed by atoms with E-state index in [4.69, 9.17) is 11.6 Å². The second kappa shape index (κ2) is 5.76. The van der Waals surface area contributed by atoms with Crippen LogP contribution in [0.3, 0.4) is 0 Å². The van der Waals surface area contributed by atoms with Gasteiger partial charge in [0, 0.05) is 11.1 Å². The fraction of sp³-hybridized carbons (Fsp3) is 0.111. The first kappa shape index (κ1) is 14.9. The number of hydrogen-bond donors (Lipinski definition) is 2. The fourth-order valence-electron chi connectivity index (χ4n) is 2.66. The second-order valence-electron chi connectivity index (χ2n) is 5.66. The minimum Gasteiger partial charge on any atom is -0.378 e. The normalized spacial score (nSPS) is 13.9. The van der Waals surface area contributed by atoms with Gasteiger partial charge in [0.1, 0.15) is 11.5 Å². The summed E-state index contributed by atoms with van der Waals surface area (Å²) in [7, 11) is 0. The highest BCUT2D eigenvalue weighted by Crippen LogP contribution is 2.26. The minimum atomic E-state index is -0.249. The molecule has 4 nitrogen and oxygen atoms in total. The molecule has 0 aliphatic carbocycles. The van der Waals surface area contributed by atoms with Crippen LogP contribution in [0.25, 0.3) is 22.3 Å². The van der Waals surface area contributed by atoms with Gasteiger partial charge in [-0.25, -0.2) is 9.37 Å². The molecule has 24 heavy (non-hydrogen) atoms. The van der Waals surface area contributed by atoms with Gasteiger partial charge in [0.05, 0.1) is 34.9 Å². The maximum atomic E-state index is 13.0. The zero-order chi connectivity index (χ0) is 16.7. The third-order valence-electron chi connectivity index (χ3n) is 3.96.